The van der Waals surface area contributed by atoms with E-state index in [9.17, 15) is 4.79 Å². The Bertz CT molecular complexity index is 863. The molecule has 3 aliphatic heterocycles. The monoisotopic (exact) mass is 436 g/mol. The first-order valence-corrected chi connectivity index (χ1v) is 12.2. The number of carbonyl (C=O) groups is 1. The summed E-state index contributed by atoms with van der Waals surface area (Å²) < 4.78 is 0. The number of nitrogens with one attached hydrogen (secondary N) is 1. The van der Waals surface area contributed by atoms with Gasteiger partial charge in [0.25, 0.3) is 5.91 Å². The van der Waals surface area contributed by atoms with E-state index in [0.29, 0.717) is 18.0 Å². The Morgan fingerprint density at radius 2 is 1.91 bits per heavy atom. The number of hydrogen-bond donors (Lipinski definition) is 1. The summed E-state index contributed by atoms with van der Waals surface area (Å²) in [6, 6.07) is 8.86. The Morgan fingerprint density at radius 3 is 2.62 bits per heavy atom. The number of benzene rings is 1. The topological polar surface area (TPSA) is 47.9 Å². The number of rotatable bonds is 6. The quantitative estimate of drug-likeness (QED) is 0.521. The molecular weight excluding hydrogens is 396 g/mol. The molecule has 1 aromatic rings. The van der Waals surface area contributed by atoms with Crippen molar-refractivity contribution in [2.45, 2.75) is 71.1 Å². The molecule has 2 fully saturated rings. The van der Waals surface area contributed by atoms with Crippen LogP contribution in [0, 0.1) is 5.92 Å². The Balaban J connectivity index is 0.000000686. The van der Waals surface area contributed by atoms with Gasteiger partial charge < -0.3 is 4.90 Å². The average Bonchev–Trinajstić information content (AvgIpc) is 3.23. The van der Waals surface area contributed by atoms with Crippen molar-refractivity contribution in [3.05, 3.63) is 60.2 Å². The van der Waals surface area contributed by atoms with E-state index in [4.69, 9.17) is 4.99 Å². The predicted molar refractivity (Wildman–Crippen MR) is 134 cm³/mol. The third kappa shape index (κ3) is 4.89. The van der Waals surface area contributed by atoms with Gasteiger partial charge in [0.15, 0.2) is 0 Å². The van der Waals surface area contributed by atoms with Gasteiger partial charge in [-0.15, -0.1) is 13.2 Å². The number of unbranched alkanes of at least 4 members (excludes halogenated alkanes) is 1. The summed E-state index contributed by atoms with van der Waals surface area (Å²) in [5, 5.41) is 3.68. The van der Waals surface area contributed by atoms with Crippen LogP contribution in [0.2, 0.25) is 0 Å². The van der Waals surface area contributed by atoms with Gasteiger partial charge >= 0.3 is 0 Å². The highest BCUT2D eigenvalue weighted by atomic mass is 16.2. The maximum Gasteiger partial charge on any atom is 0.254 e. The number of carbonyl (C=O) groups excluding carboxylic acids is 1. The van der Waals surface area contributed by atoms with Gasteiger partial charge in [-0.2, -0.15) is 0 Å². The fourth-order valence-electron chi connectivity index (χ4n) is 4.99. The van der Waals surface area contributed by atoms with Crippen LogP contribution in [0.15, 0.2) is 54.1 Å². The molecule has 0 aromatic heterocycles. The zero-order valence-electron chi connectivity index (χ0n) is 20.3. The Labute approximate surface area is 194 Å². The van der Waals surface area contributed by atoms with Crippen molar-refractivity contribution in [1.82, 2.24) is 15.1 Å². The smallest absolute Gasteiger partial charge is 0.254 e. The van der Waals surface area contributed by atoms with Crippen LogP contribution in [-0.2, 0) is 6.54 Å². The van der Waals surface area contributed by atoms with Gasteiger partial charge in [0.2, 0.25) is 0 Å². The highest BCUT2D eigenvalue weighted by Gasteiger charge is 2.50. The zero-order valence-corrected chi connectivity index (χ0v) is 20.3. The molecule has 1 saturated carbocycles. The van der Waals surface area contributed by atoms with Crippen molar-refractivity contribution in [2.75, 3.05) is 19.8 Å². The largest absolute Gasteiger partial charge is 0.334 e. The molecule has 4 atom stereocenters. The Hall–Kier alpha value is -2.24. The van der Waals surface area contributed by atoms with E-state index < -0.39 is 0 Å². The van der Waals surface area contributed by atoms with E-state index in [0.717, 1.165) is 44.7 Å². The minimum absolute atomic E-state index is 0.197. The van der Waals surface area contributed by atoms with Gasteiger partial charge in [0.1, 0.15) is 0 Å². The molecule has 1 amide bonds. The highest BCUT2D eigenvalue weighted by Crippen LogP contribution is 2.50. The molecule has 1 saturated heterocycles. The van der Waals surface area contributed by atoms with Crippen LogP contribution in [-0.4, -0.2) is 59.3 Å². The fraction of sp³-hybridized carbons (Fsp3) is 0.556. The molecule has 0 bridgehead atoms. The van der Waals surface area contributed by atoms with Crippen LogP contribution in [0.4, 0.5) is 0 Å². The van der Waals surface area contributed by atoms with Gasteiger partial charge in [-0.1, -0.05) is 38.1 Å². The van der Waals surface area contributed by atoms with E-state index in [1.54, 1.807) is 0 Å². The lowest BCUT2D eigenvalue weighted by Crippen LogP contribution is -2.36. The first-order chi connectivity index (χ1) is 15.5. The van der Waals surface area contributed by atoms with Crippen molar-refractivity contribution in [1.29, 1.82) is 0 Å². The van der Waals surface area contributed by atoms with E-state index in [2.05, 4.69) is 55.6 Å². The number of hydrogen-bond acceptors (Lipinski definition) is 4. The summed E-state index contributed by atoms with van der Waals surface area (Å²) in [5.41, 5.74) is 3.63. The van der Waals surface area contributed by atoms with E-state index in [1.165, 1.54) is 17.6 Å². The van der Waals surface area contributed by atoms with Crippen LogP contribution < -0.4 is 5.32 Å². The van der Waals surface area contributed by atoms with Gasteiger partial charge in [0, 0.05) is 49.5 Å². The molecule has 4 aliphatic rings. The summed E-state index contributed by atoms with van der Waals surface area (Å²) in [6.07, 6.45) is 7.93. The van der Waals surface area contributed by atoms with Crippen molar-refractivity contribution < 1.29 is 4.79 Å². The summed E-state index contributed by atoms with van der Waals surface area (Å²) in [5.74, 6) is 0.847. The van der Waals surface area contributed by atoms with Crippen molar-refractivity contribution in [3.8, 4) is 0 Å². The molecule has 0 radical (unpaired) electrons. The number of dihydropyridines is 1. The van der Waals surface area contributed by atoms with Crippen LogP contribution in [0.5, 0.6) is 0 Å². The maximum absolute atomic E-state index is 12.5. The molecule has 174 valence electrons. The van der Waals surface area contributed by atoms with Crippen LogP contribution >= 0.6 is 0 Å². The minimum atomic E-state index is 0.197. The van der Waals surface area contributed by atoms with Gasteiger partial charge in [-0.3, -0.25) is 20.0 Å². The number of fused-ring (bicyclic) bond motifs is 2. The van der Waals surface area contributed by atoms with Gasteiger partial charge in [0.05, 0.1) is 5.54 Å². The SMILES string of the molecule is C=C.CC.CC1C(C2=CC3CC3(C)N=C2)NCN1CCCCN1Cc2ccccc2C1=O. The van der Waals surface area contributed by atoms with Crippen molar-refractivity contribution in [3.63, 3.8) is 0 Å². The summed E-state index contributed by atoms with van der Waals surface area (Å²) in [6.45, 7) is 18.2. The van der Waals surface area contributed by atoms with Crippen LogP contribution in [0.3, 0.4) is 0 Å². The Morgan fingerprint density at radius 1 is 1.19 bits per heavy atom. The number of aliphatic imine (C=N–C) groups is 1. The zero-order chi connectivity index (χ0) is 23.3. The van der Waals surface area contributed by atoms with E-state index in [1.807, 2.05) is 36.9 Å². The third-order valence-electron chi connectivity index (χ3n) is 7.13. The lowest BCUT2D eigenvalue weighted by Gasteiger charge is -2.25. The standard InChI is InChI=1S/C23H30N4O.C2H6.C2H4/c1-16-21(18-11-19-12-23(19,2)25-13-18)24-15-27(16)10-6-5-9-26-14-17-7-3-4-8-20(17)22(26)28;2*1-2/h3-4,7-8,11,13,16,19,21,24H,5-6,9-10,12,14-15H2,1-2H3;1-2H3;1-2H2. The number of nitrogens with zero attached hydrogens (tertiary/aromatic N) is 3. The summed E-state index contributed by atoms with van der Waals surface area (Å²) >= 11 is 0. The Kier molecular flexibility index (Phi) is 8.07. The first kappa shape index (κ1) is 24.4. The molecule has 1 aliphatic carbocycles. The van der Waals surface area contributed by atoms with Crippen LogP contribution in [0.1, 0.15) is 62.9 Å². The molecular formula is C27H40N4O. The lowest BCUT2D eigenvalue weighted by molar-refractivity contribution is 0.0774. The van der Waals surface area contributed by atoms with E-state index >= 15 is 0 Å². The summed E-state index contributed by atoms with van der Waals surface area (Å²) in [4.78, 5) is 21.8. The second-order valence-corrected chi connectivity index (χ2v) is 9.08. The molecule has 3 heterocycles. The molecule has 32 heavy (non-hydrogen) atoms. The highest BCUT2D eigenvalue weighted by molar-refractivity contribution is 5.98. The third-order valence-corrected chi connectivity index (χ3v) is 7.13. The fourth-order valence-corrected chi connectivity index (χ4v) is 4.99. The maximum atomic E-state index is 12.5. The van der Waals surface area contributed by atoms with Gasteiger partial charge in [-0.05, 0) is 56.9 Å². The second-order valence-electron chi connectivity index (χ2n) is 9.08. The molecule has 1 N–H and O–H groups in total. The van der Waals surface area contributed by atoms with Crippen molar-refractivity contribution >= 4 is 12.1 Å². The molecule has 5 heteroatoms. The van der Waals surface area contributed by atoms with Crippen molar-refractivity contribution in [2.24, 2.45) is 10.9 Å². The van der Waals surface area contributed by atoms with Gasteiger partial charge in [-0.25, -0.2) is 0 Å². The molecule has 5 nitrogen and oxygen atoms in total. The first-order valence-electron chi connectivity index (χ1n) is 12.2. The molecule has 4 unspecified atom stereocenters. The lowest BCUT2D eigenvalue weighted by atomic mass is 9.98. The minimum Gasteiger partial charge on any atom is -0.334 e. The molecule has 5 rings (SSSR count). The number of amides is 1. The average molecular weight is 437 g/mol. The van der Waals surface area contributed by atoms with E-state index in [-0.39, 0.29) is 11.4 Å². The molecule has 0 spiro atoms. The normalized spacial score (nSPS) is 29.9. The predicted octanol–water partition coefficient (Wildman–Crippen LogP) is 4.66. The van der Waals surface area contributed by atoms with Crippen LogP contribution in [0.25, 0.3) is 0 Å². The molecule has 1 aromatic carbocycles. The second kappa shape index (κ2) is 10.6. The summed E-state index contributed by atoms with van der Waals surface area (Å²) in [7, 11) is 0.